The number of nitrogens with zero attached hydrogens (tertiary/aromatic N) is 3. The molecule has 2 amide bonds. The molecule has 1 fully saturated rings. The zero-order valence-electron chi connectivity index (χ0n) is 15.4. The smallest absolute Gasteiger partial charge is 0.272 e. The summed E-state index contributed by atoms with van der Waals surface area (Å²) in [4.78, 5) is 29.0. The van der Waals surface area contributed by atoms with Crippen molar-refractivity contribution in [2.24, 2.45) is 7.05 Å². The first-order chi connectivity index (χ1) is 13.5. The number of hydrogen-bond donors (Lipinski definition) is 0. The van der Waals surface area contributed by atoms with Crippen LogP contribution in [0, 0.1) is 5.82 Å². The van der Waals surface area contributed by atoms with Crippen LogP contribution >= 0.6 is 11.6 Å². The van der Waals surface area contributed by atoms with E-state index < -0.39 is 0 Å². The third kappa shape index (κ3) is 3.14. The van der Waals surface area contributed by atoms with Gasteiger partial charge < -0.3 is 14.4 Å². The molecule has 7 heteroatoms. The van der Waals surface area contributed by atoms with Crippen LogP contribution in [0.15, 0.2) is 48.5 Å². The molecule has 5 nitrogen and oxygen atoms in total. The fourth-order valence-electron chi connectivity index (χ4n) is 3.62. The van der Waals surface area contributed by atoms with Gasteiger partial charge in [-0.1, -0.05) is 29.8 Å². The predicted molar refractivity (Wildman–Crippen MR) is 106 cm³/mol. The first-order valence-electron chi connectivity index (χ1n) is 9.04. The van der Waals surface area contributed by atoms with E-state index in [0.29, 0.717) is 42.5 Å². The monoisotopic (exact) mass is 399 g/mol. The molecule has 0 unspecified atom stereocenters. The van der Waals surface area contributed by atoms with Crippen LogP contribution < -0.4 is 0 Å². The Kier molecular flexibility index (Phi) is 4.81. The maximum absolute atomic E-state index is 13.1. The van der Waals surface area contributed by atoms with Gasteiger partial charge in [0.15, 0.2) is 0 Å². The Morgan fingerprint density at radius 2 is 1.46 bits per heavy atom. The lowest BCUT2D eigenvalue weighted by Gasteiger charge is -2.35. The number of aryl methyl sites for hydroxylation is 1. The number of para-hydroxylation sites is 1. The van der Waals surface area contributed by atoms with Gasteiger partial charge in [0.05, 0.1) is 5.02 Å². The van der Waals surface area contributed by atoms with E-state index in [9.17, 15) is 14.0 Å². The molecule has 2 heterocycles. The van der Waals surface area contributed by atoms with Gasteiger partial charge in [0.1, 0.15) is 11.5 Å². The van der Waals surface area contributed by atoms with Crippen molar-refractivity contribution in [3.63, 3.8) is 0 Å². The van der Waals surface area contributed by atoms with Crippen molar-refractivity contribution in [3.8, 4) is 0 Å². The van der Waals surface area contributed by atoms with Crippen LogP contribution in [0.2, 0.25) is 5.02 Å². The highest BCUT2D eigenvalue weighted by Gasteiger charge is 2.29. The number of fused-ring (bicyclic) bond motifs is 1. The first-order valence-corrected chi connectivity index (χ1v) is 9.42. The van der Waals surface area contributed by atoms with E-state index in [-0.39, 0.29) is 17.6 Å². The predicted octanol–water partition coefficient (Wildman–Crippen LogP) is 3.57. The Morgan fingerprint density at radius 1 is 0.893 bits per heavy atom. The van der Waals surface area contributed by atoms with Crippen molar-refractivity contribution in [2.45, 2.75) is 0 Å². The molecule has 2 aromatic carbocycles. The topological polar surface area (TPSA) is 45.6 Å². The Balaban J connectivity index is 1.49. The minimum absolute atomic E-state index is 0.141. The SMILES string of the molecule is Cn1c(C(=O)N2CCN(C(=O)c3ccc(F)cc3)CC2)c(Cl)c2ccccc21. The second kappa shape index (κ2) is 7.28. The molecule has 0 bridgehead atoms. The van der Waals surface area contributed by atoms with Crippen LogP contribution in [0.5, 0.6) is 0 Å². The summed E-state index contributed by atoms with van der Waals surface area (Å²) in [5, 5.41) is 1.30. The minimum atomic E-state index is -0.376. The fourth-order valence-corrected chi connectivity index (χ4v) is 3.99. The van der Waals surface area contributed by atoms with Crippen LogP contribution in [-0.2, 0) is 7.05 Å². The van der Waals surface area contributed by atoms with E-state index >= 15 is 0 Å². The van der Waals surface area contributed by atoms with Crippen molar-refractivity contribution in [1.29, 1.82) is 0 Å². The summed E-state index contributed by atoms with van der Waals surface area (Å²) in [5.74, 6) is -0.675. The second-order valence-electron chi connectivity index (χ2n) is 6.83. The number of halogens is 2. The highest BCUT2D eigenvalue weighted by molar-refractivity contribution is 6.38. The summed E-state index contributed by atoms with van der Waals surface area (Å²) >= 11 is 6.48. The number of amides is 2. The standard InChI is InChI=1S/C21H19ClFN3O2/c1-24-17-5-3-2-4-16(17)18(22)19(24)21(28)26-12-10-25(11-13-26)20(27)14-6-8-15(23)9-7-14/h2-9H,10-13H2,1H3. The van der Waals surface area contributed by atoms with Gasteiger partial charge in [-0.15, -0.1) is 0 Å². The number of carbonyl (C=O) groups is 2. The Bertz CT molecular complexity index is 1010. The van der Waals surface area contributed by atoms with Gasteiger partial charge in [-0.3, -0.25) is 9.59 Å². The Morgan fingerprint density at radius 3 is 2.07 bits per heavy atom. The zero-order valence-corrected chi connectivity index (χ0v) is 16.1. The van der Waals surface area contributed by atoms with Gasteiger partial charge in [0.2, 0.25) is 0 Å². The average Bonchev–Trinajstić information content (AvgIpc) is 2.98. The lowest BCUT2D eigenvalue weighted by molar-refractivity contribution is 0.0530. The summed E-state index contributed by atoms with van der Waals surface area (Å²) in [6.07, 6.45) is 0. The van der Waals surface area contributed by atoms with E-state index in [0.717, 1.165) is 10.9 Å². The number of hydrogen-bond acceptors (Lipinski definition) is 2. The van der Waals surface area contributed by atoms with Gasteiger partial charge in [-0.05, 0) is 30.3 Å². The summed E-state index contributed by atoms with van der Waals surface area (Å²) < 4.78 is 14.9. The molecule has 0 atom stereocenters. The fraction of sp³-hybridized carbons (Fsp3) is 0.238. The van der Waals surface area contributed by atoms with Gasteiger partial charge in [0.25, 0.3) is 11.8 Å². The van der Waals surface area contributed by atoms with E-state index in [4.69, 9.17) is 11.6 Å². The van der Waals surface area contributed by atoms with E-state index in [1.807, 2.05) is 35.9 Å². The number of aromatic nitrogens is 1. The molecular formula is C21H19ClFN3O2. The lowest BCUT2D eigenvalue weighted by Crippen LogP contribution is -2.50. The van der Waals surface area contributed by atoms with Gasteiger partial charge in [-0.25, -0.2) is 4.39 Å². The van der Waals surface area contributed by atoms with Gasteiger partial charge in [0, 0.05) is 49.7 Å². The second-order valence-corrected chi connectivity index (χ2v) is 7.21. The van der Waals surface area contributed by atoms with Crippen molar-refractivity contribution < 1.29 is 14.0 Å². The summed E-state index contributed by atoms with van der Waals surface area (Å²) in [6, 6.07) is 13.1. The number of benzene rings is 2. The molecular weight excluding hydrogens is 381 g/mol. The summed E-state index contributed by atoms with van der Waals surface area (Å²) in [7, 11) is 1.83. The van der Waals surface area contributed by atoms with Crippen molar-refractivity contribution in [3.05, 3.63) is 70.6 Å². The maximum atomic E-state index is 13.1. The number of carbonyl (C=O) groups excluding carboxylic acids is 2. The summed E-state index contributed by atoms with van der Waals surface area (Å²) in [6.45, 7) is 1.68. The molecule has 0 N–H and O–H groups in total. The number of rotatable bonds is 2. The maximum Gasteiger partial charge on any atom is 0.272 e. The zero-order chi connectivity index (χ0) is 19.8. The minimum Gasteiger partial charge on any atom is -0.338 e. The average molecular weight is 400 g/mol. The molecule has 4 rings (SSSR count). The number of piperazine rings is 1. The molecule has 144 valence electrons. The summed E-state index contributed by atoms with van der Waals surface area (Å²) in [5.41, 5.74) is 1.81. The van der Waals surface area contributed by atoms with Crippen LogP contribution in [-0.4, -0.2) is 52.4 Å². The molecule has 3 aromatic rings. The third-order valence-corrected chi connectivity index (χ3v) is 5.58. The van der Waals surface area contributed by atoms with E-state index in [1.165, 1.54) is 24.3 Å². The van der Waals surface area contributed by atoms with Crippen LogP contribution in [0.4, 0.5) is 4.39 Å². The lowest BCUT2D eigenvalue weighted by atomic mass is 10.1. The molecule has 1 aromatic heterocycles. The first kappa shape index (κ1) is 18.5. The van der Waals surface area contributed by atoms with E-state index in [2.05, 4.69) is 0 Å². The largest absolute Gasteiger partial charge is 0.338 e. The molecule has 1 aliphatic rings. The molecule has 0 aliphatic carbocycles. The van der Waals surface area contributed by atoms with Gasteiger partial charge in [-0.2, -0.15) is 0 Å². The van der Waals surface area contributed by atoms with Crippen LogP contribution in [0.3, 0.4) is 0 Å². The third-order valence-electron chi connectivity index (χ3n) is 5.19. The van der Waals surface area contributed by atoms with Crippen molar-refractivity contribution >= 4 is 34.3 Å². The van der Waals surface area contributed by atoms with Crippen LogP contribution in [0.25, 0.3) is 10.9 Å². The quantitative estimate of drug-likeness (QED) is 0.661. The molecule has 28 heavy (non-hydrogen) atoms. The van der Waals surface area contributed by atoms with Crippen molar-refractivity contribution in [2.75, 3.05) is 26.2 Å². The molecule has 1 aliphatic heterocycles. The normalized spacial score (nSPS) is 14.5. The van der Waals surface area contributed by atoms with E-state index in [1.54, 1.807) is 9.80 Å². The van der Waals surface area contributed by atoms with Crippen molar-refractivity contribution in [1.82, 2.24) is 14.4 Å². The van der Waals surface area contributed by atoms with Gasteiger partial charge >= 0.3 is 0 Å². The highest BCUT2D eigenvalue weighted by atomic mass is 35.5. The molecule has 0 saturated carbocycles. The Hall–Kier alpha value is -2.86. The molecule has 0 spiro atoms. The molecule has 0 radical (unpaired) electrons. The Labute approximate surface area is 166 Å². The van der Waals surface area contributed by atoms with Crippen LogP contribution in [0.1, 0.15) is 20.8 Å². The highest BCUT2D eigenvalue weighted by Crippen LogP contribution is 2.30. The molecule has 1 saturated heterocycles.